The van der Waals surface area contributed by atoms with Crippen LogP contribution < -0.4 is 15.4 Å². The number of nitrogens with zero attached hydrogens (tertiary/aromatic N) is 1. The minimum Gasteiger partial charge on any atom is -0.484 e. The molecule has 3 rings (SSSR count). The van der Waals surface area contributed by atoms with Crippen molar-refractivity contribution in [3.8, 4) is 5.75 Å². The SMILES string of the molecule is Cc1ccc(OCC(=O)Nc2ccc(NC(=O)c3cnoc3C)cc2)cc1C. The number of carbonyl (C=O) groups is 2. The molecule has 0 aliphatic carbocycles. The van der Waals surface area contributed by atoms with E-state index in [2.05, 4.69) is 15.8 Å². The Hall–Kier alpha value is -3.61. The first-order chi connectivity index (χ1) is 13.4. The summed E-state index contributed by atoms with van der Waals surface area (Å²) in [7, 11) is 0. The summed E-state index contributed by atoms with van der Waals surface area (Å²) in [6.45, 7) is 5.59. The lowest BCUT2D eigenvalue weighted by Gasteiger charge is -2.10. The third kappa shape index (κ3) is 4.76. The summed E-state index contributed by atoms with van der Waals surface area (Å²) in [5.74, 6) is 0.526. The quantitative estimate of drug-likeness (QED) is 0.678. The molecule has 7 heteroatoms. The van der Waals surface area contributed by atoms with Gasteiger partial charge in [-0.15, -0.1) is 0 Å². The molecule has 0 fully saturated rings. The van der Waals surface area contributed by atoms with Crippen molar-refractivity contribution in [3.05, 3.63) is 71.1 Å². The Morgan fingerprint density at radius 3 is 2.25 bits per heavy atom. The van der Waals surface area contributed by atoms with Crippen molar-refractivity contribution in [1.82, 2.24) is 5.16 Å². The number of aryl methyl sites for hydroxylation is 3. The van der Waals surface area contributed by atoms with Crippen molar-refractivity contribution in [2.45, 2.75) is 20.8 Å². The molecule has 0 aliphatic rings. The summed E-state index contributed by atoms with van der Waals surface area (Å²) < 4.78 is 10.4. The summed E-state index contributed by atoms with van der Waals surface area (Å²) in [5.41, 5.74) is 3.85. The van der Waals surface area contributed by atoms with Crippen molar-refractivity contribution in [2.75, 3.05) is 17.2 Å². The fraction of sp³-hybridized carbons (Fsp3) is 0.190. The van der Waals surface area contributed by atoms with Crippen LogP contribution in [0.3, 0.4) is 0 Å². The van der Waals surface area contributed by atoms with Crippen LogP contribution in [0.2, 0.25) is 0 Å². The largest absolute Gasteiger partial charge is 0.484 e. The van der Waals surface area contributed by atoms with E-state index in [0.29, 0.717) is 28.4 Å². The van der Waals surface area contributed by atoms with Gasteiger partial charge in [-0.1, -0.05) is 11.2 Å². The van der Waals surface area contributed by atoms with Crippen LogP contribution in [0.15, 0.2) is 53.2 Å². The first kappa shape index (κ1) is 19.2. The average molecular weight is 379 g/mol. The monoisotopic (exact) mass is 379 g/mol. The maximum absolute atomic E-state index is 12.1. The molecule has 0 atom stereocenters. The van der Waals surface area contributed by atoms with Gasteiger partial charge < -0.3 is 19.9 Å². The van der Waals surface area contributed by atoms with Crippen LogP contribution in [0.25, 0.3) is 0 Å². The molecule has 144 valence electrons. The van der Waals surface area contributed by atoms with Gasteiger partial charge >= 0.3 is 0 Å². The molecule has 2 amide bonds. The number of amides is 2. The number of rotatable bonds is 6. The standard InChI is InChI=1S/C21H21N3O4/c1-13-4-9-18(10-14(13)2)27-12-20(25)23-16-5-7-17(8-6-16)24-21(26)19-11-22-28-15(19)3/h4-11H,12H2,1-3H3,(H,23,25)(H,24,26). The van der Waals surface area contributed by atoms with Gasteiger partial charge in [0.25, 0.3) is 11.8 Å². The lowest BCUT2D eigenvalue weighted by molar-refractivity contribution is -0.118. The maximum Gasteiger partial charge on any atom is 0.262 e. The van der Waals surface area contributed by atoms with Crippen LogP contribution in [0, 0.1) is 20.8 Å². The smallest absolute Gasteiger partial charge is 0.262 e. The molecule has 0 unspecified atom stereocenters. The summed E-state index contributed by atoms with van der Waals surface area (Å²) >= 11 is 0. The first-order valence-electron chi connectivity index (χ1n) is 8.75. The minimum absolute atomic E-state index is 0.0895. The molecule has 0 bridgehead atoms. The van der Waals surface area contributed by atoms with Gasteiger partial charge in [0.1, 0.15) is 17.1 Å². The van der Waals surface area contributed by atoms with Crippen molar-refractivity contribution in [1.29, 1.82) is 0 Å². The molecule has 3 aromatic rings. The number of anilines is 2. The molecule has 0 saturated carbocycles. The van der Waals surface area contributed by atoms with Crippen LogP contribution in [0.1, 0.15) is 27.2 Å². The lowest BCUT2D eigenvalue weighted by Crippen LogP contribution is -2.20. The van der Waals surface area contributed by atoms with Gasteiger partial charge in [-0.2, -0.15) is 0 Å². The highest BCUT2D eigenvalue weighted by molar-refractivity contribution is 6.04. The van der Waals surface area contributed by atoms with Crippen molar-refractivity contribution in [3.63, 3.8) is 0 Å². The fourth-order valence-corrected chi connectivity index (χ4v) is 2.50. The Balaban J connectivity index is 1.52. The Kier molecular flexibility index (Phi) is 5.74. The number of hydrogen-bond donors (Lipinski definition) is 2. The molecule has 0 aliphatic heterocycles. The summed E-state index contributed by atoms with van der Waals surface area (Å²) in [6, 6.07) is 12.5. The maximum atomic E-state index is 12.1. The zero-order valence-electron chi connectivity index (χ0n) is 15.9. The highest BCUT2D eigenvalue weighted by Crippen LogP contribution is 2.18. The number of nitrogens with one attached hydrogen (secondary N) is 2. The molecule has 0 radical (unpaired) electrons. The Morgan fingerprint density at radius 2 is 1.64 bits per heavy atom. The third-order valence-corrected chi connectivity index (χ3v) is 4.27. The highest BCUT2D eigenvalue weighted by Gasteiger charge is 2.13. The predicted molar refractivity (Wildman–Crippen MR) is 106 cm³/mol. The topological polar surface area (TPSA) is 93.5 Å². The highest BCUT2D eigenvalue weighted by atomic mass is 16.5. The molecule has 1 aromatic heterocycles. The normalized spacial score (nSPS) is 10.4. The number of ether oxygens (including phenoxy) is 1. The van der Waals surface area contributed by atoms with Crippen LogP contribution >= 0.6 is 0 Å². The molecular formula is C21H21N3O4. The van der Waals surface area contributed by atoms with E-state index in [0.717, 1.165) is 5.56 Å². The second-order valence-corrected chi connectivity index (χ2v) is 6.41. The van der Waals surface area contributed by atoms with Crippen molar-refractivity contribution >= 4 is 23.2 Å². The van der Waals surface area contributed by atoms with E-state index in [1.807, 2.05) is 32.0 Å². The van der Waals surface area contributed by atoms with Crippen LogP contribution in [0.5, 0.6) is 5.75 Å². The number of benzene rings is 2. The van der Waals surface area contributed by atoms with Crippen molar-refractivity contribution in [2.24, 2.45) is 0 Å². The van der Waals surface area contributed by atoms with Gasteiger partial charge in [-0.3, -0.25) is 9.59 Å². The third-order valence-electron chi connectivity index (χ3n) is 4.27. The van der Waals surface area contributed by atoms with Gasteiger partial charge in [0.15, 0.2) is 6.61 Å². The number of hydrogen-bond acceptors (Lipinski definition) is 5. The molecular weight excluding hydrogens is 358 g/mol. The van der Waals surface area contributed by atoms with Gasteiger partial charge in [0.05, 0.1) is 6.20 Å². The van der Waals surface area contributed by atoms with Crippen LogP contribution in [-0.2, 0) is 4.79 Å². The van der Waals surface area contributed by atoms with E-state index in [-0.39, 0.29) is 18.4 Å². The molecule has 2 N–H and O–H groups in total. The van der Waals surface area contributed by atoms with E-state index < -0.39 is 0 Å². The van der Waals surface area contributed by atoms with E-state index in [4.69, 9.17) is 9.26 Å². The summed E-state index contributed by atoms with van der Waals surface area (Å²) in [4.78, 5) is 24.2. The zero-order chi connectivity index (χ0) is 20.1. The second kappa shape index (κ2) is 8.39. The molecule has 2 aromatic carbocycles. The van der Waals surface area contributed by atoms with Gasteiger partial charge in [0, 0.05) is 11.4 Å². The molecule has 7 nitrogen and oxygen atoms in total. The lowest BCUT2D eigenvalue weighted by atomic mass is 10.1. The number of aromatic nitrogens is 1. The molecule has 1 heterocycles. The van der Waals surface area contributed by atoms with E-state index in [1.165, 1.54) is 11.8 Å². The molecule has 28 heavy (non-hydrogen) atoms. The summed E-state index contributed by atoms with van der Waals surface area (Å²) in [6.07, 6.45) is 1.37. The Labute approximate surface area is 162 Å². The Morgan fingerprint density at radius 1 is 0.964 bits per heavy atom. The van der Waals surface area contributed by atoms with Gasteiger partial charge in [-0.05, 0) is 68.3 Å². The van der Waals surface area contributed by atoms with Gasteiger partial charge in [-0.25, -0.2) is 0 Å². The second-order valence-electron chi connectivity index (χ2n) is 6.41. The average Bonchev–Trinajstić information content (AvgIpc) is 3.10. The first-order valence-corrected chi connectivity index (χ1v) is 8.75. The van der Waals surface area contributed by atoms with Crippen molar-refractivity contribution < 1.29 is 18.8 Å². The van der Waals surface area contributed by atoms with Gasteiger partial charge in [0.2, 0.25) is 0 Å². The fourth-order valence-electron chi connectivity index (χ4n) is 2.50. The van der Waals surface area contributed by atoms with Crippen LogP contribution in [0.4, 0.5) is 11.4 Å². The molecule has 0 saturated heterocycles. The summed E-state index contributed by atoms with van der Waals surface area (Å²) in [5, 5.41) is 9.08. The van der Waals surface area contributed by atoms with E-state index in [9.17, 15) is 9.59 Å². The van der Waals surface area contributed by atoms with Crippen LogP contribution in [-0.4, -0.2) is 23.6 Å². The minimum atomic E-state index is -0.308. The number of carbonyl (C=O) groups excluding carboxylic acids is 2. The van der Waals surface area contributed by atoms with E-state index in [1.54, 1.807) is 31.2 Å². The predicted octanol–water partition coefficient (Wildman–Crippen LogP) is 3.87. The Bertz CT molecular complexity index is 993. The molecule has 0 spiro atoms. The van der Waals surface area contributed by atoms with E-state index >= 15 is 0 Å². The zero-order valence-corrected chi connectivity index (χ0v) is 15.9.